The quantitative estimate of drug-likeness (QED) is 0.763. The van der Waals surface area contributed by atoms with Crippen LogP contribution in [0.1, 0.15) is 17.5 Å². The van der Waals surface area contributed by atoms with Gasteiger partial charge in [-0.2, -0.15) is 0 Å². The van der Waals surface area contributed by atoms with Crippen molar-refractivity contribution in [2.45, 2.75) is 25.5 Å². The fourth-order valence-corrected chi connectivity index (χ4v) is 4.03. The number of hydrogen-bond donors (Lipinski definition) is 2. The summed E-state index contributed by atoms with van der Waals surface area (Å²) in [5.41, 5.74) is 3.44. The Kier molecular flexibility index (Phi) is 6.26. The molecule has 146 valence electrons. The van der Waals surface area contributed by atoms with Gasteiger partial charge in [0.25, 0.3) is 0 Å². The smallest absolute Gasteiger partial charge is 0.240 e. The van der Waals surface area contributed by atoms with E-state index in [1.807, 2.05) is 32.0 Å². The van der Waals surface area contributed by atoms with E-state index in [9.17, 15) is 9.59 Å². The molecule has 1 fully saturated rings. The molecule has 1 aliphatic rings. The van der Waals surface area contributed by atoms with Crippen LogP contribution in [-0.4, -0.2) is 29.3 Å². The van der Waals surface area contributed by atoms with E-state index >= 15 is 0 Å². The second-order valence-corrected chi connectivity index (χ2v) is 7.95. The SMILES string of the molecule is COc1ccc(NC(=O)C[C@@H]2SC(=Nc3c(C)cccc3C)NC2=O)cc1Cl. The number of methoxy groups -OCH3 is 1. The van der Waals surface area contributed by atoms with Crippen molar-refractivity contribution in [1.82, 2.24) is 5.32 Å². The number of carbonyl (C=O) groups is 2. The lowest BCUT2D eigenvalue weighted by molar-refractivity contribution is -0.122. The molecule has 0 bridgehead atoms. The van der Waals surface area contributed by atoms with Crippen molar-refractivity contribution in [2.24, 2.45) is 4.99 Å². The van der Waals surface area contributed by atoms with Gasteiger partial charge in [0.2, 0.25) is 11.8 Å². The topological polar surface area (TPSA) is 79.8 Å². The van der Waals surface area contributed by atoms with Crippen molar-refractivity contribution in [3.05, 3.63) is 52.5 Å². The Balaban J connectivity index is 1.65. The fraction of sp³-hybridized carbons (Fsp3) is 0.250. The molecule has 1 saturated heterocycles. The standard InChI is InChI=1S/C20H20ClN3O3S/c1-11-5-4-6-12(2)18(11)23-20-24-19(26)16(28-20)10-17(25)22-13-7-8-15(27-3)14(21)9-13/h4-9,16H,10H2,1-3H3,(H,22,25)(H,23,24,26)/t16-/m0/s1. The second kappa shape index (κ2) is 8.67. The number of anilines is 1. The summed E-state index contributed by atoms with van der Waals surface area (Å²) in [4.78, 5) is 29.1. The molecule has 0 spiro atoms. The number of rotatable bonds is 5. The predicted molar refractivity (Wildman–Crippen MR) is 114 cm³/mol. The molecule has 1 aliphatic heterocycles. The number of hydrogen-bond acceptors (Lipinski definition) is 5. The molecule has 6 nitrogen and oxygen atoms in total. The maximum atomic E-state index is 12.3. The van der Waals surface area contributed by atoms with Gasteiger partial charge in [0, 0.05) is 12.1 Å². The van der Waals surface area contributed by atoms with Crippen molar-refractivity contribution in [1.29, 1.82) is 0 Å². The van der Waals surface area contributed by atoms with Crippen LogP contribution in [0.4, 0.5) is 11.4 Å². The van der Waals surface area contributed by atoms with Crippen LogP contribution >= 0.6 is 23.4 Å². The van der Waals surface area contributed by atoms with Crippen LogP contribution < -0.4 is 15.4 Å². The maximum Gasteiger partial charge on any atom is 0.240 e. The minimum Gasteiger partial charge on any atom is -0.495 e. The van der Waals surface area contributed by atoms with Gasteiger partial charge in [-0.1, -0.05) is 41.6 Å². The van der Waals surface area contributed by atoms with E-state index in [0.717, 1.165) is 16.8 Å². The number of nitrogens with zero attached hydrogens (tertiary/aromatic N) is 1. The van der Waals surface area contributed by atoms with Crippen molar-refractivity contribution < 1.29 is 14.3 Å². The summed E-state index contributed by atoms with van der Waals surface area (Å²) in [6.07, 6.45) is 0.0337. The molecule has 2 aromatic rings. The van der Waals surface area contributed by atoms with Gasteiger partial charge in [0.15, 0.2) is 5.17 Å². The summed E-state index contributed by atoms with van der Waals surface area (Å²) in [6, 6.07) is 10.9. The first-order chi connectivity index (χ1) is 13.4. The van der Waals surface area contributed by atoms with Crippen LogP contribution in [0.5, 0.6) is 5.75 Å². The third-order valence-corrected chi connectivity index (χ3v) is 5.61. The van der Waals surface area contributed by atoms with Gasteiger partial charge >= 0.3 is 0 Å². The summed E-state index contributed by atoms with van der Waals surface area (Å²) in [6.45, 7) is 3.94. The average molecular weight is 418 g/mol. The van der Waals surface area contributed by atoms with Crippen molar-refractivity contribution in [3.63, 3.8) is 0 Å². The lowest BCUT2D eigenvalue weighted by Gasteiger charge is -2.09. The van der Waals surface area contributed by atoms with Gasteiger partial charge in [0.1, 0.15) is 11.0 Å². The highest BCUT2D eigenvalue weighted by atomic mass is 35.5. The van der Waals surface area contributed by atoms with Crippen LogP contribution in [0.25, 0.3) is 0 Å². The zero-order chi connectivity index (χ0) is 20.3. The lowest BCUT2D eigenvalue weighted by Crippen LogP contribution is -2.28. The Morgan fingerprint density at radius 1 is 1.29 bits per heavy atom. The van der Waals surface area contributed by atoms with E-state index in [-0.39, 0.29) is 18.2 Å². The zero-order valence-electron chi connectivity index (χ0n) is 15.7. The molecule has 2 N–H and O–H groups in total. The molecular formula is C20H20ClN3O3S. The van der Waals surface area contributed by atoms with Gasteiger partial charge in [0.05, 0.1) is 17.8 Å². The number of para-hydroxylation sites is 1. The Morgan fingerprint density at radius 3 is 2.64 bits per heavy atom. The molecule has 2 amide bonds. The van der Waals surface area contributed by atoms with E-state index in [1.165, 1.54) is 18.9 Å². The number of halogens is 1. The fourth-order valence-electron chi connectivity index (χ4n) is 2.80. The first-order valence-electron chi connectivity index (χ1n) is 8.63. The van der Waals surface area contributed by atoms with Crippen LogP contribution in [0, 0.1) is 13.8 Å². The summed E-state index contributed by atoms with van der Waals surface area (Å²) in [7, 11) is 1.52. The van der Waals surface area contributed by atoms with E-state index < -0.39 is 5.25 Å². The van der Waals surface area contributed by atoms with Crippen LogP contribution in [0.15, 0.2) is 41.4 Å². The first kappa shape index (κ1) is 20.2. The summed E-state index contributed by atoms with van der Waals surface area (Å²) in [5.74, 6) is 0.0258. The second-order valence-electron chi connectivity index (χ2n) is 6.35. The number of carbonyl (C=O) groups excluding carboxylic acids is 2. The molecule has 3 rings (SSSR count). The average Bonchev–Trinajstić information content (AvgIpc) is 2.97. The third-order valence-electron chi connectivity index (χ3n) is 4.24. The molecule has 0 radical (unpaired) electrons. The summed E-state index contributed by atoms with van der Waals surface area (Å²) in [5, 5.41) is 5.88. The highest BCUT2D eigenvalue weighted by Crippen LogP contribution is 2.30. The zero-order valence-corrected chi connectivity index (χ0v) is 17.3. The third kappa shape index (κ3) is 4.66. The van der Waals surface area contributed by atoms with Crippen LogP contribution in [-0.2, 0) is 9.59 Å². The number of amides is 2. The van der Waals surface area contributed by atoms with Gasteiger partial charge in [-0.25, -0.2) is 4.99 Å². The summed E-state index contributed by atoms with van der Waals surface area (Å²) < 4.78 is 5.09. The number of amidine groups is 1. The first-order valence-corrected chi connectivity index (χ1v) is 9.89. The minimum atomic E-state index is -0.531. The van der Waals surface area contributed by atoms with Gasteiger partial charge in [-0.15, -0.1) is 0 Å². The Morgan fingerprint density at radius 2 is 2.00 bits per heavy atom. The Bertz CT molecular complexity index is 941. The highest BCUT2D eigenvalue weighted by Gasteiger charge is 2.32. The van der Waals surface area contributed by atoms with E-state index in [4.69, 9.17) is 16.3 Å². The van der Waals surface area contributed by atoms with E-state index in [2.05, 4.69) is 15.6 Å². The molecule has 0 aliphatic carbocycles. The molecule has 28 heavy (non-hydrogen) atoms. The molecule has 0 aromatic heterocycles. The largest absolute Gasteiger partial charge is 0.495 e. The number of thioether (sulfide) groups is 1. The Labute approximate surface area is 172 Å². The number of aryl methyl sites for hydroxylation is 2. The molecular weight excluding hydrogens is 398 g/mol. The van der Waals surface area contributed by atoms with Gasteiger partial charge < -0.3 is 15.4 Å². The molecule has 2 aromatic carbocycles. The minimum absolute atomic E-state index is 0.0337. The number of ether oxygens (including phenoxy) is 1. The molecule has 1 heterocycles. The van der Waals surface area contributed by atoms with Crippen molar-refractivity contribution in [3.8, 4) is 5.75 Å². The number of benzene rings is 2. The van der Waals surface area contributed by atoms with E-state index in [0.29, 0.717) is 21.6 Å². The number of aliphatic imine (C=N–C) groups is 1. The maximum absolute atomic E-state index is 12.3. The van der Waals surface area contributed by atoms with Gasteiger partial charge in [-0.05, 0) is 43.2 Å². The lowest BCUT2D eigenvalue weighted by atomic mass is 10.1. The van der Waals surface area contributed by atoms with Crippen molar-refractivity contribution >= 4 is 51.7 Å². The van der Waals surface area contributed by atoms with Crippen LogP contribution in [0.2, 0.25) is 5.02 Å². The predicted octanol–water partition coefficient (Wildman–Crippen LogP) is 4.21. The Hall–Kier alpha value is -2.51. The van der Waals surface area contributed by atoms with Crippen LogP contribution in [0.3, 0.4) is 0 Å². The van der Waals surface area contributed by atoms with Crippen molar-refractivity contribution in [2.75, 3.05) is 12.4 Å². The molecule has 8 heteroatoms. The summed E-state index contributed by atoms with van der Waals surface area (Å²) >= 11 is 7.33. The van der Waals surface area contributed by atoms with Gasteiger partial charge in [-0.3, -0.25) is 9.59 Å². The highest BCUT2D eigenvalue weighted by molar-refractivity contribution is 8.15. The van der Waals surface area contributed by atoms with E-state index in [1.54, 1.807) is 18.2 Å². The number of nitrogens with one attached hydrogen (secondary N) is 2. The molecule has 0 saturated carbocycles. The normalized spacial score (nSPS) is 17.5. The molecule has 0 unspecified atom stereocenters. The molecule has 1 atom stereocenters. The monoisotopic (exact) mass is 417 g/mol.